The number of halogens is 1. The molecule has 31 heavy (non-hydrogen) atoms. The van der Waals surface area contributed by atoms with E-state index in [4.69, 9.17) is 4.98 Å². The standard InChI is InChI=1S/C22H26N4O3S.ClH/c1-5-24(6-2)11-12-25(21(27)17-7-9-18(10-8-17)26(28)29)22-23-20-16(4)13-15(3)14-19(20)30-22;/h7-10,13-14H,5-6,11-12H2,1-4H3;1H. The van der Waals surface area contributed by atoms with Crippen molar-refractivity contribution in [1.29, 1.82) is 0 Å². The fraction of sp³-hybridized carbons (Fsp3) is 0.364. The lowest BCUT2D eigenvalue weighted by molar-refractivity contribution is -0.384. The Hall–Kier alpha value is -2.55. The van der Waals surface area contributed by atoms with E-state index < -0.39 is 4.92 Å². The van der Waals surface area contributed by atoms with Crippen LogP contribution in [0.3, 0.4) is 0 Å². The first-order valence-corrected chi connectivity index (χ1v) is 10.8. The average Bonchev–Trinajstić information content (AvgIpc) is 3.15. The maximum Gasteiger partial charge on any atom is 0.269 e. The van der Waals surface area contributed by atoms with Crippen molar-refractivity contribution in [1.82, 2.24) is 9.88 Å². The van der Waals surface area contributed by atoms with E-state index in [1.54, 1.807) is 4.90 Å². The lowest BCUT2D eigenvalue weighted by Gasteiger charge is -2.24. The topological polar surface area (TPSA) is 79.6 Å². The van der Waals surface area contributed by atoms with Gasteiger partial charge in [-0.05, 0) is 56.3 Å². The van der Waals surface area contributed by atoms with Crippen molar-refractivity contribution < 1.29 is 9.72 Å². The Balaban J connectivity index is 0.00000341. The van der Waals surface area contributed by atoms with Crippen LogP contribution in [-0.2, 0) is 0 Å². The summed E-state index contributed by atoms with van der Waals surface area (Å²) in [7, 11) is 0. The number of carbonyl (C=O) groups excluding carboxylic acids is 1. The summed E-state index contributed by atoms with van der Waals surface area (Å²) in [5, 5.41) is 11.6. The van der Waals surface area contributed by atoms with Gasteiger partial charge in [-0.1, -0.05) is 31.3 Å². The first-order valence-electron chi connectivity index (χ1n) is 10.0. The smallest absolute Gasteiger partial charge is 0.269 e. The second kappa shape index (κ2) is 10.7. The predicted molar refractivity (Wildman–Crippen MR) is 129 cm³/mol. The molecule has 0 N–H and O–H groups in total. The van der Waals surface area contributed by atoms with E-state index in [0.29, 0.717) is 17.2 Å². The molecule has 2 aromatic carbocycles. The van der Waals surface area contributed by atoms with E-state index in [0.717, 1.165) is 41.0 Å². The van der Waals surface area contributed by atoms with Gasteiger partial charge >= 0.3 is 0 Å². The Labute approximate surface area is 192 Å². The molecule has 0 atom stereocenters. The average molecular weight is 463 g/mol. The number of nitro benzene ring substituents is 1. The zero-order valence-electron chi connectivity index (χ0n) is 18.1. The zero-order chi connectivity index (χ0) is 21.8. The fourth-order valence-corrected chi connectivity index (χ4v) is 4.59. The Kier molecular flexibility index (Phi) is 8.50. The van der Waals surface area contributed by atoms with Crippen molar-refractivity contribution in [3.8, 4) is 0 Å². The molecule has 3 aromatic rings. The summed E-state index contributed by atoms with van der Waals surface area (Å²) in [5.41, 5.74) is 3.52. The number of hydrogen-bond acceptors (Lipinski definition) is 6. The molecular weight excluding hydrogens is 436 g/mol. The molecular formula is C22H27ClN4O3S. The molecule has 0 aliphatic rings. The maximum atomic E-state index is 13.3. The highest BCUT2D eigenvalue weighted by molar-refractivity contribution is 7.22. The summed E-state index contributed by atoms with van der Waals surface area (Å²) < 4.78 is 1.05. The highest BCUT2D eigenvalue weighted by Crippen LogP contribution is 2.32. The summed E-state index contributed by atoms with van der Waals surface area (Å²) >= 11 is 1.50. The molecule has 1 aromatic heterocycles. The van der Waals surface area contributed by atoms with Gasteiger partial charge < -0.3 is 4.90 Å². The minimum atomic E-state index is -0.467. The van der Waals surface area contributed by atoms with Crippen LogP contribution < -0.4 is 4.90 Å². The lowest BCUT2D eigenvalue weighted by atomic mass is 10.1. The highest BCUT2D eigenvalue weighted by Gasteiger charge is 2.23. The van der Waals surface area contributed by atoms with E-state index in [2.05, 4.69) is 30.9 Å². The summed E-state index contributed by atoms with van der Waals surface area (Å²) in [5.74, 6) is -0.203. The van der Waals surface area contributed by atoms with E-state index in [-0.39, 0.29) is 24.0 Å². The normalized spacial score (nSPS) is 10.9. The first-order chi connectivity index (χ1) is 14.3. The molecule has 0 radical (unpaired) electrons. The van der Waals surface area contributed by atoms with Gasteiger partial charge in [-0.2, -0.15) is 0 Å². The molecule has 0 fully saturated rings. The number of aryl methyl sites for hydroxylation is 2. The number of aromatic nitrogens is 1. The van der Waals surface area contributed by atoms with E-state index in [1.807, 2.05) is 13.8 Å². The van der Waals surface area contributed by atoms with Crippen LogP contribution in [-0.4, -0.2) is 46.9 Å². The Bertz CT molecular complexity index is 1060. The van der Waals surface area contributed by atoms with Gasteiger partial charge in [0.15, 0.2) is 5.13 Å². The van der Waals surface area contributed by atoms with Crippen LogP contribution in [0.4, 0.5) is 10.8 Å². The molecule has 7 nitrogen and oxygen atoms in total. The van der Waals surface area contributed by atoms with Crippen LogP contribution in [0.2, 0.25) is 0 Å². The number of carbonyl (C=O) groups is 1. The lowest BCUT2D eigenvalue weighted by Crippen LogP contribution is -2.38. The van der Waals surface area contributed by atoms with Crippen molar-refractivity contribution in [2.75, 3.05) is 31.1 Å². The molecule has 1 amide bonds. The van der Waals surface area contributed by atoms with E-state index in [9.17, 15) is 14.9 Å². The van der Waals surface area contributed by atoms with Gasteiger partial charge in [0.2, 0.25) is 0 Å². The first kappa shape index (κ1) is 24.7. The number of anilines is 1. The molecule has 0 aliphatic carbocycles. The van der Waals surface area contributed by atoms with Crippen molar-refractivity contribution in [3.05, 3.63) is 63.2 Å². The second-order valence-corrected chi connectivity index (χ2v) is 8.22. The molecule has 0 unspecified atom stereocenters. The van der Waals surface area contributed by atoms with Gasteiger partial charge in [-0.15, -0.1) is 12.4 Å². The number of hydrogen-bond donors (Lipinski definition) is 0. The van der Waals surface area contributed by atoms with E-state index in [1.165, 1.54) is 35.6 Å². The number of rotatable bonds is 8. The van der Waals surface area contributed by atoms with Gasteiger partial charge in [-0.25, -0.2) is 4.98 Å². The number of non-ortho nitro benzene ring substituents is 1. The van der Waals surface area contributed by atoms with Gasteiger partial charge in [0.1, 0.15) is 0 Å². The molecule has 0 saturated carbocycles. The molecule has 166 valence electrons. The number of amides is 1. The number of fused-ring (bicyclic) bond motifs is 1. The number of likely N-dealkylation sites (N-methyl/N-ethyl adjacent to an activating group) is 1. The third-order valence-corrected chi connectivity index (χ3v) is 6.18. The Morgan fingerprint density at radius 3 is 2.32 bits per heavy atom. The number of benzene rings is 2. The van der Waals surface area contributed by atoms with Gasteiger partial charge in [0.25, 0.3) is 11.6 Å². The summed E-state index contributed by atoms with van der Waals surface area (Å²) in [4.78, 5) is 32.5. The summed E-state index contributed by atoms with van der Waals surface area (Å²) in [6.45, 7) is 11.3. The zero-order valence-corrected chi connectivity index (χ0v) is 19.8. The second-order valence-electron chi connectivity index (χ2n) is 7.21. The molecule has 9 heteroatoms. The fourth-order valence-electron chi connectivity index (χ4n) is 3.42. The van der Waals surface area contributed by atoms with Crippen LogP contribution in [0.15, 0.2) is 36.4 Å². The summed E-state index contributed by atoms with van der Waals surface area (Å²) in [6.07, 6.45) is 0. The largest absolute Gasteiger partial charge is 0.302 e. The van der Waals surface area contributed by atoms with Crippen LogP contribution >= 0.6 is 23.7 Å². The Morgan fingerprint density at radius 1 is 1.10 bits per heavy atom. The van der Waals surface area contributed by atoms with Crippen LogP contribution in [0.5, 0.6) is 0 Å². The third-order valence-electron chi connectivity index (χ3n) is 5.15. The van der Waals surface area contributed by atoms with Crippen LogP contribution in [0.25, 0.3) is 10.2 Å². The third kappa shape index (κ3) is 5.58. The van der Waals surface area contributed by atoms with Crippen molar-refractivity contribution >= 4 is 50.7 Å². The van der Waals surface area contributed by atoms with Crippen molar-refractivity contribution in [2.45, 2.75) is 27.7 Å². The van der Waals surface area contributed by atoms with Crippen molar-refractivity contribution in [2.24, 2.45) is 0 Å². The molecule has 0 aliphatic heterocycles. The van der Waals surface area contributed by atoms with Gasteiger partial charge in [-0.3, -0.25) is 19.8 Å². The highest BCUT2D eigenvalue weighted by atomic mass is 35.5. The predicted octanol–water partition coefficient (Wildman–Crippen LogP) is 5.23. The molecule has 3 rings (SSSR count). The number of thiazole rings is 1. The van der Waals surface area contributed by atoms with E-state index >= 15 is 0 Å². The van der Waals surface area contributed by atoms with Gasteiger partial charge in [0, 0.05) is 30.8 Å². The minimum absolute atomic E-state index is 0. The molecule has 0 spiro atoms. The van der Waals surface area contributed by atoms with Gasteiger partial charge in [0.05, 0.1) is 15.1 Å². The molecule has 0 saturated heterocycles. The SMILES string of the molecule is CCN(CC)CCN(C(=O)c1ccc([N+](=O)[O-])cc1)c1nc2c(C)cc(C)cc2s1.Cl. The van der Waals surface area contributed by atoms with Crippen molar-refractivity contribution in [3.63, 3.8) is 0 Å². The van der Waals surface area contributed by atoms with Crippen LogP contribution in [0.1, 0.15) is 35.3 Å². The molecule has 1 heterocycles. The quantitative estimate of drug-likeness (QED) is 0.338. The summed E-state index contributed by atoms with van der Waals surface area (Å²) in [6, 6.07) is 9.91. The number of nitro groups is 1. The number of nitrogens with zero attached hydrogens (tertiary/aromatic N) is 4. The molecule has 0 bridgehead atoms. The Morgan fingerprint density at radius 2 is 1.74 bits per heavy atom. The minimum Gasteiger partial charge on any atom is -0.302 e. The van der Waals surface area contributed by atoms with Crippen LogP contribution in [0, 0.1) is 24.0 Å². The maximum absolute atomic E-state index is 13.3. The monoisotopic (exact) mass is 462 g/mol.